The lowest BCUT2D eigenvalue weighted by atomic mass is 10.2. The molecule has 0 unspecified atom stereocenters. The molecule has 110 valence electrons. The van der Waals surface area contributed by atoms with Gasteiger partial charge in [-0.25, -0.2) is 8.42 Å². The first kappa shape index (κ1) is 16.8. The summed E-state index contributed by atoms with van der Waals surface area (Å²) < 4.78 is 30.7. The molecular weight excluding hydrogens is 302 g/mol. The lowest BCUT2D eigenvalue weighted by Gasteiger charge is -2.09. The van der Waals surface area contributed by atoms with Crippen LogP contribution < -0.4 is 4.72 Å². The first-order valence-electron chi connectivity index (χ1n) is 5.87. The van der Waals surface area contributed by atoms with Gasteiger partial charge in [0.25, 0.3) is 0 Å². The van der Waals surface area contributed by atoms with E-state index >= 15 is 0 Å². The first-order chi connectivity index (χ1) is 9.48. The molecule has 1 aromatic rings. The maximum absolute atomic E-state index is 11.8. The van der Waals surface area contributed by atoms with Crippen LogP contribution in [-0.4, -0.2) is 39.6 Å². The molecule has 0 amide bonds. The minimum Gasteiger partial charge on any atom is -0.395 e. The molecule has 0 spiro atoms. The van der Waals surface area contributed by atoms with E-state index in [9.17, 15) is 8.42 Å². The van der Waals surface area contributed by atoms with Crippen molar-refractivity contribution in [3.05, 3.63) is 28.8 Å². The Hall–Kier alpha value is -1.26. The largest absolute Gasteiger partial charge is 0.395 e. The van der Waals surface area contributed by atoms with Crippen LogP contribution in [0.15, 0.2) is 18.2 Å². The number of aliphatic hydroxyl groups excluding tert-OH is 1. The Bertz CT molecular complexity index is 605. The lowest BCUT2D eigenvalue weighted by molar-refractivity contribution is 0.217. The maximum Gasteiger partial charge on any atom is 0.235 e. The third-order valence-corrected chi connectivity index (χ3v) is 3.82. The van der Waals surface area contributed by atoms with Gasteiger partial charge in [0.15, 0.2) is 0 Å². The molecule has 20 heavy (non-hydrogen) atoms. The molecule has 0 atom stereocenters. The Kier molecular flexibility index (Phi) is 6.82. The molecule has 2 N–H and O–H groups in total. The summed E-state index contributed by atoms with van der Waals surface area (Å²) in [5, 5.41) is 8.94. The summed E-state index contributed by atoms with van der Waals surface area (Å²) in [6.45, 7) is 0.0834. The molecule has 0 saturated heterocycles. The summed E-state index contributed by atoms with van der Waals surface area (Å²) in [6.07, 6.45) is 0.359. The molecule has 0 bridgehead atoms. The topological polar surface area (TPSA) is 75.6 Å². The number of methoxy groups -OCH3 is 1. The Labute approximate surface area is 124 Å². The molecule has 0 fully saturated rings. The van der Waals surface area contributed by atoms with Crippen molar-refractivity contribution < 1.29 is 18.3 Å². The van der Waals surface area contributed by atoms with Crippen molar-refractivity contribution in [2.24, 2.45) is 0 Å². The van der Waals surface area contributed by atoms with E-state index in [2.05, 4.69) is 16.6 Å². The number of hydrogen-bond acceptors (Lipinski definition) is 4. The minimum atomic E-state index is -3.51. The summed E-state index contributed by atoms with van der Waals surface area (Å²) in [6, 6.07) is 4.80. The van der Waals surface area contributed by atoms with E-state index in [1.807, 2.05) is 0 Å². The van der Waals surface area contributed by atoms with Crippen molar-refractivity contribution in [3.8, 4) is 11.8 Å². The molecule has 1 aromatic carbocycles. The SMILES string of the molecule is COCCS(=O)(=O)Nc1cc(C#CCCO)ccc1Cl. The van der Waals surface area contributed by atoms with Crippen LogP contribution >= 0.6 is 11.6 Å². The van der Waals surface area contributed by atoms with Gasteiger partial charge in [-0.05, 0) is 18.2 Å². The number of rotatable bonds is 6. The Morgan fingerprint density at radius 2 is 2.20 bits per heavy atom. The van der Waals surface area contributed by atoms with Crippen molar-refractivity contribution in [2.45, 2.75) is 6.42 Å². The van der Waals surface area contributed by atoms with Gasteiger partial charge in [0.1, 0.15) is 0 Å². The second kappa shape index (κ2) is 8.12. The monoisotopic (exact) mass is 317 g/mol. The van der Waals surface area contributed by atoms with Crippen LogP contribution in [-0.2, 0) is 14.8 Å². The second-order valence-electron chi connectivity index (χ2n) is 3.88. The summed E-state index contributed by atoms with van der Waals surface area (Å²) >= 11 is 5.95. The van der Waals surface area contributed by atoms with E-state index in [1.165, 1.54) is 7.11 Å². The van der Waals surface area contributed by atoms with Crippen molar-refractivity contribution in [1.82, 2.24) is 0 Å². The average Bonchev–Trinajstić information content (AvgIpc) is 2.40. The van der Waals surface area contributed by atoms with E-state index in [4.69, 9.17) is 21.4 Å². The molecule has 5 nitrogen and oxygen atoms in total. The van der Waals surface area contributed by atoms with E-state index < -0.39 is 10.0 Å². The van der Waals surface area contributed by atoms with Crippen molar-refractivity contribution in [2.75, 3.05) is 30.8 Å². The highest BCUT2D eigenvalue weighted by atomic mass is 35.5. The van der Waals surface area contributed by atoms with Crippen LogP contribution in [0.5, 0.6) is 0 Å². The molecule has 0 saturated carbocycles. The number of ether oxygens (including phenoxy) is 1. The zero-order chi connectivity index (χ0) is 15.0. The predicted molar refractivity (Wildman–Crippen MR) is 79.3 cm³/mol. The van der Waals surface area contributed by atoms with Gasteiger partial charge < -0.3 is 9.84 Å². The molecule has 0 aromatic heterocycles. The number of anilines is 1. The highest BCUT2D eigenvalue weighted by Crippen LogP contribution is 2.23. The van der Waals surface area contributed by atoms with Gasteiger partial charge in [0.05, 0.1) is 29.7 Å². The van der Waals surface area contributed by atoms with Crippen molar-refractivity contribution in [3.63, 3.8) is 0 Å². The standard InChI is InChI=1S/C13H16ClNO4S/c1-19-8-9-20(17,18)15-13-10-11(4-2-3-7-16)5-6-12(13)14/h5-6,10,15-16H,3,7-9H2,1H3. The van der Waals surface area contributed by atoms with Gasteiger partial charge in [0.2, 0.25) is 10.0 Å². The summed E-state index contributed by atoms with van der Waals surface area (Å²) in [5.41, 5.74) is 0.894. The van der Waals surface area contributed by atoms with Crippen molar-refractivity contribution >= 4 is 27.3 Å². The zero-order valence-electron chi connectivity index (χ0n) is 11.0. The molecule has 0 heterocycles. The quantitative estimate of drug-likeness (QED) is 0.779. The van der Waals surface area contributed by atoms with Gasteiger partial charge >= 0.3 is 0 Å². The number of halogens is 1. The van der Waals surface area contributed by atoms with E-state index in [0.29, 0.717) is 17.0 Å². The van der Waals surface area contributed by atoms with Gasteiger partial charge in [0, 0.05) is 19.1 Å². The molecule has 0 aliphatic carbocycles. The second-order valence-corrected chi connectivity index (χ2v) is 6.13. The third-order valence-electron chi connectivity index (χ3n) is 2.26. The molecule has 0 aliphatic rings. The highest BCUT2D eigenvalue weighted by molar-refractivity contribution is 7.92. The van der Waals surface area contributed by atoms with Gasteiger partial charge in [-0.15, -0.1) is 0 Å². The van der Waals surface area contributed by atoms with E-state index in [0.717, 1.165) is 0 Å². The molecule has 0 aliphatic heterocycles. The molecule has 7 heteroatoms. The normalized spacial score (nSPS) is 10.8. The van der Waals surface area contributed by atoms with Crippen LogP contribution in [0.4, 0.5) is 5.69 Å². The van der Waals surface area contributed by atoms with Crippen LogP contribution in [0.3, 0.4) is 0 Å². The summed E-state index contributed by atoms with van der Waals surface area (Å²) in [7, 11) is -2.08. The van der Waals surface area contributed by atoms with Crippen LogP contribution in [0, 0.1) is 11.8 Å². The van der Waals surface area contributed by atoms with Gasteiger partial charge in [-0.1, -0.05) is 23.4 Å². The van der Waals surface area contributed by atoms with Crippen molar-refractivity contribution in [1.29, 1.82) is 0 Å². The summed E-state index contributed by atoms with van der Waals surface area (Å²) in [5.74, 6) is 5.42. The van der Waals surface area contributed by atoms with Gasteiger partial charge in [-0.3, -0.25) is 4.72 Å². The number of nitrogens with one attached hydrogen (secondary N) is 1. The number of sulfonamides is 1. The fourth-order valence-corrected chi connectivity index (χ4v) is 2.53. The zero-order valence-corrected chi connectivity index (χ0v) is 12.6. The Balaban J connectivity index is 2.90. The van der Waals surface area contributed by atoms with Crippen LogP contribution in [0.1, 0.15) is 12.0 Å². The fourth-order valence-electron chi connectivity index (χ4n) is 1.31. The van der Waals surface area contributed by atoms with Crippen LogP contribution in [0.2, 0.25) is 5.02 Å². The predicted octanol–water partition coefficient (Wildman–Crippen LogP) is 1.46. The minimum absolute atomic E-state index is 0.0168. The third kappa shape index (κ3) is 5.80. The number of hydrogen-bond donors (Lipinski definition) is 2. The molecular formula is C13H16ClNO4S. The number of aliphatic hydroxyl groups is 1. The lowest BCUT2D eigenvalue weighted by Crippen LogP contribution is -2.19. The molecule has 1 rings (SSSR count). The average molecular weight is 318 g/mol. The highest BCUT2D eigenvalue weighted by Gasteiger charge is 2.12. The first-order valence-corrected chi connectivity index (χ1v) is 7.90. The fraction of sp³-hybridized carbons (Fsp3) is 0.385. The smallest absolute Gasteiger partial charge is 0.235 e. The van der Waals surface area contributed by atoms with E-state index in [-0.39, 0.29) is 24.7 Å². The summed E-state index contributed by atoms with van der Waals surface area (Å²) in [4.78, 5) is 0. The number of benzene rings is 1. The van der Waals surface area contributed by atoms with E-state index in [1.54, 1.807) is 18.2 Å². The Morgan fingerprint density at radius 1 is 1.45 bits per heavy atom. The van der Waals surface area contributed by atoms with Crippen LogP contribution in [0.25, 0.3) is 0 Å². The Morgan fingerprint density at radius 3 is 2.85 bits per heavy atom. The maximum atomic E-state index is 11.8. The molecule has 0 radical (unpaired) electrons. The van der Waals surface area contributed by atoms with Gasteiger partial charge in [-0.2, -0.15) is 0 Å².